The van der Waals surface area contributed by atoms with Crippen LogP contribution in [0, 0.1) is 0 Å². The number of nitrogens with zero attached hydrogens (tertiary/aromatic N) is 4. The van der Waals surface area contributed by atoms with Gasteiger partial charge in [0, 0.05) is 39.2 Å². The molecule has 0 unspecified atom stereocenters. The molecule has 0 aromatic carbocycles. The Bertz CT molecular complexity index is 658. The first-order valence-corrected chi connectivity index (χ1v) is 7.66. The second kappa shape index (κ2) is 4.38. The maximum Gasteiger partial charge on any atom is 0.262 e. The zero-order chi connectivity index (χ0) is 14.5. The van der Waals surface area contributed by atoms with E-state index in [1.165, 1.54) is 21.7 Å². The van der Waals surface area contributed by atoms with E-state index >= 15 is 0 Å². The van der Waals surface area contributed by atoms with Gasteiger partial charge in [0.1, 0.15) is 0 Å². The molecule has 1 aromatic rings. The fourth-order valence-electron chi connectivity index (χ4n) is 2.43. The third kappa shape index (κ3) is 1.93. The fourth-order valence-corrected chi connectivity index (χ4v) is 3.91. The van der Waals surface area contributed by atoms with Gasteiger partial charge in [-0.2, -0.15) is 4.31 Å². The van der Waals surface area contributed by atoms with E-state index in [1.807, 2.05) is 0 Å². The molecule has 0 atom stereocenters. The molecular formula is C11H14N4O4S. The highest BCUT2D eigenvalue weighted by Gasteiger charge is 2.45. The topological polar surface area (TPSA) is 92.6 Å². The van der Waals surface area contributed by atoms with Crippen molar-refractivity contribution in [3.8, 4) is 0 Å². The van der Waals surface area contributed by atoms with E-state index in [4.69, 9.17) is 0 Å². The molecule has 20 heavy (non-hydrogen) atoms. The highest BCUT2D eigenvalue weighted by Crippen LogP contribution is 2.26. The highest BCUT2D eigenvalue weighted by molar-refractivity contribution is 7.89. The van der Waals surface area contributed by atoms with Crippen molar-refractivity contribution in [3.05, 3.63) is 12.5 Å². The molecule has 0 bridgehead atoms. The van der Waals surface area contributed by atoms with E-state index < -0.39 is 10.0 Å². The van der Waals surface area contributed by atoms with Gasteiger partial charge in [-0.3, -0.25) is 14.5 Å². The summed E-state index contributed by atoms with van der Waals surface area (Å²) >= 11 is 0. The molecule has 108 valence electrons. The zero-order valence-corrected chi connectivity index (χ0v) is 11.7. The average Bonchev–Trinajstić information content (AvgIpc) is 2.88. The van der Waals surface area contributed by atoms with Crippen LogP contribution in [-0.2, 0) is 26.7 Å². The van der Waals surface area contributed by atoms with Crippen LogP contribution in [0.1, 0.15) is 12.8 Å². The van der Waals surface area contributed by atoms with Crippen LogP contribution in [-0.4, -0.2) is 58.1 Å². The number of sulfonamides is 1. The van der Waals surface area contributed by atoms with Gasteiger partial charge in [-0.05, 0) is 0 Å². The van der Waals surface area contributed by atoms with Gasteiger partial charge in [0.05, 0.1) is 12.4 Å². The molecule has 0 radical (unpaired) electrons. The Hall–Kier alpha value is -1.74. The fraction of sp³-hybridized carbons (Fsp3) is 0.545. The van der Waals surface area contributed by atoms with Gasteiger partial charge < -0.3 is 4.57 Å². The van der Waals surface area contributed by atoms with Crippen molar-refractivity contribution in [2.24, 2.45) is 7.05 Å². The summed E-state index contributed by atoms with van der Waals surface area (Å²) in [5.74, 6) is -0.426. The first-order valence-electron chi connectivity index (χ1n) is 6.22. The lowest BCUT2D eigenvalue weighted by atomic mass is 10.1. The summed E-state index contributed by atoms with van der Waals surface area (Å²) < 4.78 is 27.2. The average molecular weight is 298 g/mol. The minimum absolute atomic E-state index is 0.0162. The summed E-state index contributed by atoms with van der Waals surface area (Å²) in [7, 11) is -1.94. The summed E-state index contributed by atoms with van der Waals surface area (Å²) in [5, 5.41) is -0.0162. The highest BCUT2D eigenvalue weighted by atomic mass is 32.2. The summed E-state index contributed by atoms with van der Waals surface area (Å²) in [6.07, 6.45) is 3.29. The number of imidazole rings is 1. The number of aryl methyl sites for hydroxylation is 1. The Morgan fingerprint density at radius 3 is 2.30 bits per heavy atom. The van der Waals surface area contributed by atoms with Crippen LogP contribution in [0.15, 0.2) is 17.6 Å². The first kappa shape index (κ1) is 13.3. The van der Waals surface area contributed by atoms with E-state index in [-0.39, 0.29) is 48.8 Å². The van der Waals surface area contributed by atoms with Gasteiger partial charge in [0.2, 0.25) is 11.8 Å². The van der Waals surface area contributed by atoms with Crippen molar-refractivity contribution in [1.82, 2.24) is 18.8 Å². The second-order valence-corrected chi connectivity index (χ2v) is 6.90. The number of carbonyl (C=O) groups excluding carboxylic acids is 2. The number of hydrogen-bond donors (Lipinski definition) is 0. The molecular weight excluding hydrogens is 284 g/mol. The predicted octanol–water partition coefficient (Wildman–Crippen LogP) is -1.06. The van der Waals surface area contributed by atoms with Crippen molar-refractivity contribution in [2.75, 3.05) is 13.1 Å². The van der Waals surface area contributed by atoms with Crippen LogP contribution < -0.4 is 0 Å². The van der Waals surface area contributed by atoms with Gasteiger partial charge in [0.15, 0.2) is 5.03 Å². The lowest BCUT2D eigenvalue weighted by molar-refractivity contribution is -0.143. The molecule has 3 heterocycles. The van der Waals surface area contributed by atoms with Gasteiger partial charge in [-0.25, -0.2) is 13.4 Å². The lowest BCUT2D eigenvalue weighted by Gasteiger charge is -2.41. The SMILES string of the molecule is Cn1cnc(S(=O)(=O)N2CC(N3C(=O)CCC3=O)C2)c1. The molecule has 1 aromatic heterocycles. The Balaban J connectivity index is 1.71. The first-order chi connectivity index (χ1) is 9.39. The van der Waals surface area contributed by atoms with Crippen LogP contribution in [0.2, 0.25) is 0 Å². The molecule has 2 fully saturated rings. The monoisotopic (exact) mass is 298 g/mol. The van der Waals surface area contributed by atoms with Crippen molar-refractivity contribution >= 4 is 21.8 Å². The largest absolute Gasteiger partial charge is 0.339 e. The van der Waals surface area contributed by atoms with Crippen molar-refractivity contribution in [2.45, 2.75) is 23.9 Å². The lowest BCUT2D eigenvalue weighted by Crippen LogP contribution is -2.62. The maximum absolute atomic E-state index is 12.2. The number of hydrogen-bond acceptors (Lipinski definition) is 5. The summed E-state index contributed by atoms with van der Waals surface area (Å²) in [4.78, 5) is 28.2. The van der Waals surface area contributed by atoms with Gasteiger partial charge in [-0.15, -0.1) is 0 Å². The number of rotatable bonds is 3. The molecule has 9 heteroatoms. The maximum atomic E-state index is 12.2. The van der Waals surface area contributed by atoms with E-state index in [9.17, 15) is 18.0 Å². The number of amides is 2. The molecule has 0 aliphatic carbocycles. The molecule has 2 amide bonds. The Morgan fingerprint density at radius 1 is 1.20 bits per heavy atom. The van der Waals surface area contributed by atoms with Gasteiger partial charge in [-0.1, -0.05) is 0 Å². The van der Waals surface area contributed by atoms with Crippen molar-refractivity contribution in [3.63, 3.8) is 0 Å². The normalized spacial score (nSPS) is 21.6. The van der Waals surface area contributed by atoms with E-state index in [2.05, 4.69) is 4.98 Å². The number of aromatic nitrogens is 2. The Labute approximate surface area is 116 Å². The third-order valence-corrected chi connectivity index (χ3v) is 5.29. The van der Waals surface area contributed by atoms with E-state index in [1.54, 1.807) is 11.6 Å². The number of imide groups is 1. The molecule has 0 spiro atoms. The summed E-state index contributed by atoms with van der Waals surface area (Å²) in [6, 6.07) is -0.337. The zero-order valence-electron chi connectivity index (χ0n) is 10.9. The minimum atomic E-state index is -3.63. The smallest absolute Gasteiger partial charge is 0.262 e. The van der Waals surface area contributed by atoms with E-state index in [0.717, 1.165) is 0 Å². The van der Waals surface area contributed by atoms with Gasteiger partial charge in [0.25, 0.3) is 10.0 Å². The quantitative estimate of drug-likeness (QED) is 0.663. The molecule has 0 saturated carbocycles. The Morgan fingerprint density at radius 2 is 1.80 bits per heavy atom. The second-order valence-electron chi connectivity index (χ2n) is 5.01. The molecule has 2 saturated heterocycles. The van der Waals surface area contributed by atoms with Gasteiger partial charge >= 0.3 is 0 Å². The molecule has 8 nitrogen and oxygen atoms in total. The van der Waals surface area contributed by atoms with Crippen LogP contribution in [0.4, 0.5) is 0 Å². The van der Waals surface area contributed by atoms with Crippen molar-refractivity contribution < 1.29 is 18.0 Å². The Kier molecular flexibility index (Phi) is 2.91. The summed E-state index contributed by atoms with van der Waals surface area (Å²) in [6.45, 7) is 0.298. The predicted molar refractivity (Wildman–Crippen MR) is 66.8 cm³/mol. The standard InChI is InChI=1S/C11H14N4O4S/c1-13-6-9(12-7-13)20(18,19)14-4-8(5-14)15-10(16)2-3-11(15)17/h6-8H,2-5H2,1H3. The summed E-state index contributed by atoms with van der Waals surface area (Å²) in [5.41, 5.74) is 0. The third-order valence-electron chi connectivity index (χ3n) is 3.57. The molecule has 2 aliphatic heterocycles. The van der Waals surface area contributed by atoms with Crippen LogP contribution in [0.5, 0.6) is 0 Å². The number of carbonyl (C=O) groups is 2. The minimum Gasteiger partial charge on any atom is -0.339 e. The number of likely N-dealkylation sites (tertiary alicyclic amines) is 1. The van der Waals surface area contributed by atoms with E-state index in [0.29, 0.717) is 0 Å². The molecule has 0 N–H and O–H groups in total. The van der Waals surface area contributed by atoms with Crippen LogP contribution >= 0.6 is 0 Å². The molecule has 2 aliphatic rings. The molecule has 3 rings (SSSR count). The van der Waals surface area contributed by atoms with Crippen LogP contribution in [0.3, 0.4) is 0 Å². The van der Waals surface area contributed by atoms with Crippen molar-refractivity contribution in [1.29, 1.82) is 0 Å². The van der Waals surface area contributed by atoms with Crippen LogP contribution in [0.25, 0.3) is 0 Å².